The van der Waals surface area contributed by atoms with E-state index in [2.05, 4.69) is 260 Å². The largest absolute Gasteiger partial charge is 0.311 e. The molecule has 0 aliphatic heterocycles. The Balaban J connectivity index is 0.945. The Hall–Kier alpha value is -7.42. The Morgan fingerprint density at radius 2 is 0.703 bits per heavy atom. The molecule has 0 aromatic heterocycles. The summed E-state index contributed by atoms with van der Waals surface area (Å²) in [6, 6.07) is 64.7. The number of anilines is 6. The molecule has 0 fully saturated rings. The van der Waals surface area contributed by atoms with Crippen LogP contribution < -0.4 is 9.80 Å². The van der Waals surface area contributed by atoms with E-state index >= 15 is 0 Å². The Bertz CT molecular complexity index is 2790. The lowest BCUT2D eigenvalue weighted by Gasteiger charge is -2.27. The standard InChI is InChI=1S/C62H54N2/c1-45-13-17-49(18-14-45)53-25-37-59(38-26-53)64(60-39-27-54(28-40-60)50-19-15-46(2)16-20-50)62-43-31-56(32-44-62)55-29-41-61(42-30-55)63(57-33-21-51(22-34-57)47-9-5-3-6-10-47)58-35-23-52(24-36-58)48-11-7-4-8-12-48/h3-11,13,15,17-46,48H,12,14,16H2,1-2H3. The summed E-state index contributed by atoms with van der Waals surface area (Å²) in [5.74, 6) is 1.59. The summed E-state index contributed by atoms with van der Waals surface area (Å²) in [7, 11) is 0. The SMILES string of the molecule is CC1C=CC(c2ccc(N(c3ccc(C4=CCC(C)C=C4)cc3)c3ccc(-c4ccc(N(c5ccc(-c6ccccc6)cc5)c5ccc(C6C=CC=CC6)cc5)cc4)cc3)cc2)=CC1. The molecule has 0 heterocycles. The predicted octanol–water partition coefficient (Wildman–Crippen LogP) is 17.5. The molecule has 64 heavy (non-hydrogen) atoms. The van der Waals surface area contributed by atoms with Gasteiger partial charge in [-0.05, 0) is 154 Å². The minimum atomic E-state index is 0.410. The van der Waals surface area contributed by atoms with E-state index in [0.29, 0.717) is 17.8 Å². The molecule has 0 saturated heterocycles. The van der Waals surface area contributed by atoms with Gasteiger partial charge < -0.3 is 9.80 Å². The quantitative estimate of drug-likeness (QED) is 0.128. The molecule has 7 aromatic carbocycles. The van der Waals surface area contributed by atoms with Gasteiger partial charge in [0.15, 0.2) is 0 Å². The maximum atomic E-state index is 2.37. The van der Waals surface area contributed by atoms with Crippen molar-refractivity contribution in [2.24, 2.45) is 11.8 Å². The maximum absolute atomic E-state index is 2.37. The molecule has 0 saturated carbocycles. The first kappa shape index (κ1) is 40.6. The highest BCUT2D eigenvalue weighted by Crippen LogP contribution is 2.40. The highest BCUT2D eigenvalue weighted by atomic mass is 15.1. The zero-order chi connectivity index (χ0) is 43.2. The lowest BCUT2D eigenvalue weighted by atomic mass is 9.92. The summed E-state index contributed by atoms with van der Waals surface area (Å²) in [5.41, 5.74) is 17.9. The monoisotopic (exact) mass is 826 g/mol. The summed E-state index contributed by atoms with van der Waals surface area (Å²) in [6.45, 7) is 4.54. The molecular formula is C62H54N2. The zero-order valence-electron chi connectivity index (χ0n) is 36.8. The van der Waals surface area contributed by atoms with Crippen molar-refractivity contribution in [3.05, 3.63) is 253 Å². The number of benzene rings is 7. The number of allylic oxidation sites excluding steroid dienone is 12. The molecule has 3 aliphatic carbocycles. The molecule has 0 N–H and O–H groups in total. The van der Waals surface area contributed by atoms with E-state index in [-0.39, 0.29) is 0 Å². The molecule has 0 spiro atoms. The third kappa shape index (κ3) is 8.91. The average molecular weight is 827 g/mol. The summed E-state index contributed by atoms with van der Waals surface area (Å²) in [5, 5.41) is 0. The van der Waals surface area contributed by atoms with E-state index in [1.165, 1.54) is 50.1 Å². The van der Waals surface area contributed by atoms with Crippen LogP contribution in [0.4, 0.5) is 34.1 Å². The van der Waals surface area contributed by atoms with Crippen LogP contribution >= 0.6 is 0 Å². The minimum absolute atomic E-state index is 0.410. The van der Waals surface area contributed by atoms with Crippen LogP contribution in [0.15, 0.2) is 237 Å². The van der Waals surface area contributed by atoms with Crippen molar-refractivity contribution in [2.75, 3.05) is 9.80 Å². The van der Waals surface area contributed by atoms with Crippen LogP contribution in [-0.2, 0) is 0 Å². The highest BCUT2D eigenvalue weighted by molar-refractivity contribution is 5.84. The maximum Gasteiger partial charge on any atom is 0.0462 e. The van der Waals surface area contributed by atoms with Crippen LogP contribution in [0.5, 0.6) is 0 Å². The van der Waals surface area contributed by atoms with Gasteiger partial charge in [0.1, 0.15) is 0 Å². The number of hydrogen-bond acceptors (Lipinski definition) is 2. The van der Waals surface area contributed by atoms with Crippen molar-refractivity contribution in [3.8, 4) is 22.3 Å². The van der Waals surface area contributed by atoms with Gasteiger partial charge in [-0.1, -0.05) is 178 Å². The fourth-order valence-electron chi connectivity index (χ4n) is 9.12. The van der Waals surface area contributed by atoms with Crippen LogP contribution in [0, 0.1) is 11.8 Å². The summed E-state index contributed by atoms with van der Waals surface area (Å²) in [6.07, 6.45) is 25.9. The summed E-state index contributed by atoms with van der Waals surface area (Å²) >= 11 is 0. The molecule has 3 atom stereocenters. The molecule has 0 radical (unpaired) electrons. The van der Waals surface area contributed by atoms with Gasteiger partial charge in [-0.3, -0.25) is 0 Å². The first-order chi connectivity index (χ1) is 31.5. The fraction of sp³-hybridized carbons (Fsp3) is 0.129. The second-order valence-corrected chi connectivity index (χ2v) is 17.5. The molecule has 10 rings (SSSR count). The van der Waals surface area contributed by atoms with Crippen molar-refractivity contribution in [2.45, 2.75) is 39.0 Å². The molecule has 7 aromatic rings. The third-order valence-electron chi connectivity index (χ3n) is 12.9. The second kappa shape index (κ2) is 18.5. The van der Waals surface area contributed by atoms with Gasteiger partial charge in [0.05, 0.1) is 0 Å². The van der Waals surface area contributed by atoms with E-state index in [1.54, 1.807) is 0 Å². The second-order valence-electron chi connectivity index (χ2n) is 17.5. The van der Waals surface area contributed by atoms with Crippen LogP contribution in [0.1, 0.15) is 55.7 Å². The van der Waals surface area contributed by atoms with E-state index in [1.807, 2.05) is 0 Å². The normalized spacial score (nSPS) is 17.8. The first-order valence-corrected chi connectivity index (χ1v) is 22.9. The van der Waals surface area contributed by atoms with Gasteiger partial charge in [-0.2, -0.15) is 0 Å². The lowest BCUT2D eigenvalue weighted by Crippen LogP contribution is -2.10. The zero-order valence-corrected chi connectivity index (χ0v) is 36.8. The van der Waals surface area contributed by atoms with E-state index in [4.69, 9.17) is 0 Å². The Morgan fingerprint density at radius 3 is 1.05 bits per heavy atom. The summed E-state index contributed by atoms with van der Waals surface area (Å²) in [4.78, 5) is 4.73. The average Bonchev–Trinajstić information content (AvgIpc) is 3.37. The van der Waals surface area contributed by atoms with Crippen molar-refractivity contribution in [1.29, 1.82) is 0 Å². The van der Waals surface area contributed by atoms with E-state index in [0.717, 1.165) is 53.4 Å². The summed E-state index contributed by atoms with van der Waals surface area (Å²) < 4.78 is 0. The number of rotatable bonds is 11. The van der Waals surface area contributed by atoms with Gasteiger partial charge in [0, 0.05) is 40.0 Å². The van der Waals surface area contributed by atoms with Gasteiger partial charge >= 0.3 is 0 Å². The Labute approximate surface area is 379 Å². The number of hydrogen-bond donors (Lipinski definition) is 0. The molecule has 312 valence electrons. The minimum Gasteiger partial charge on any atom is -0.311 e. The molecule has 3 unspecified atom stereocenters. The first-order valence-electron chi connectivity index (χ1n) is 22.9. The van der Waals surface area contributed by atoms with Gasteiger partial charge in [-0.15, -0.1) is 0 Å². The van der Waals surface area contributed by atoms with Crippen molar-refractivity contribution in [1.82, 2.24) is 0 Å². The molecular weight excluding hydrogens is 773 g/mol. The molecule has 0 amide bonds. The van der Waals surface area contributed by atoms with E-state index < -0.39 is 0 Å². The predicted molar refractivity (Wildman–Crippen MR) is 274 cm³/mol. The van der Waals surface area contributed by atoms with E-state index in [9.17, 15) is 0 Å². The van der Waals surface area contributed by atoms with Crippen LogP contribution in [-0.4, -0.2) is 0 Å². The lowest BCUT2D eigenvalue weighted by molar-refractivity contribution is 0.739. The third-order valence-corrected chi connectivity index (χ3v) is 12.9. The van der Waals surface area contributed by atoms with Crippen molar-refractivity contribution in [3.63, 3.8) is 0 Å². The molecule has 2 nitrogen and oxygen atoms in total. The van der Waals surface area contributed by atoms with Gasteiger partial charge in [-0.25, -0.2) is 0 Å². The molecule has 2 heteroatoms. The van der Waals surface area contributed by atoms with Crippen LogP contribution in [0.2, 0.25) is 0 Å². The number of nitrogens with zero attached hydrogens (tertiary/aromatic N) is 2. The topological polar surface area (TPSA) is 6.48 Å². The van der Waals surface area contributed by atoms with Gasteiger partial charge in [0.2, 0.25) is 0 Å². The Kier molecular flexibility index (Phi) is 11.8. The fourth-order valence-corrected chi connectivity index (χ4v) is 9.12. The highest BCUT2D eigenvalue weighted by Gasteiger charge is 2.18. The van der Waals surface area contributed by atoms with Crippen molar-refractivity contribution < 1.29 is 0 Å². The van der Waals surface area contributed by atoms with Crippen LogP contribution in [0.3, 0.4) is 0 Å². The van der Waals surface area contributed by atoms with Crippen LogP contribution in [0.25, 0.3) is 33.4 Å². The molecule has 3 aliphatic rings. The van der Waals surface area contributed by atoms with Gasteiger partial charge in [0.25, 0.3) is 0 Å². The smallest absolute Gasteiger partial charge is 0.0462 e. The molecule has 0 bridgehead atoms. The van der Waals surface area contributed by atoms with Crippen molar-refractivity contribution >= 4 is 45.3 Å². The Morgan fingerprint density at radius 1 is 0.344 bits per heavy atom.